The van der Waals surface area contributed by atoms with Crippen molar-refractivity contribution < 1.29 is 4.74 Å². The number of hydrogen-bond acceptors (Lipinski definition) is 2. The maximum absolute atomic E-state index is 8.48. The number of nitrogens with zero attached hydrogens (tertiary/aromatic N) is 3. The normalized spacial score (nSPS) is 18.9. The lowest BCUT2D eigenvalue weighted by Crippen LogP contribution is -2.07. The van der Waals surface area contributed by atoms with Gasteiger partial charge < -0.3 is 4.74 Å². The molecular weight excluding hydrogens is 190 g/mol. The molecule has 0 saturated carbocycles. The number of rotatable bonds is 2. The van der Waals surface area contributed by atoms with Gasteiger partial charge in [0, 0.05) is 4.91 Å². The molecule has 1 aromatic rings. The summed E-state index contributed by atoms with van der Waals surface area (Å²) in [6.45, 7) is 0. The maximum atomic E-state index is 8.48. The largest absolute Gasteiger partial charge is 0.497 e. The molecule has 0 N–H and O–H groups in total. The van der Waals surface area contributed by atoms with E-state index in [0.717, 1.165) is 30.6 Å². The third-order valence-electron chi connectivity index (χ3n) is 2.82. The van der Waals surface area contributed by atoms with E-state index >= 15 is 0 Å². The Kier molecular flexibility index (Phi) is 2.79. The molecule has 0 saturated heterocycles. The molecular formula is C11H13N3O. The minimum Gasteiger partial charge on any atom is -0.497 e. The first kappa shape index (κ1) is 9.87. The molecule has 0 heterocycles. The van der Waals surface area contributed by atoms with E-state index in [2.05, 4.69) is 10.0 Å². The van der Waals surface area contributed by atoms with Gasteiger partial charge in [0.25, 0.3) is 0 Å². The van der Waals surface area contributed by atoms with E-state index in [-0.39, 0.29) is 6.04 Å². The fourth-order valence-electron chi connectivity index (χ4n) is 2.07. The van der Waals surface area contributed by atoms with Crippen LogP contribution < -0.4 is 4.74 Å². The average molecular weight is 203 g/mol. The lowest BCUT2D eigenvalue weighted by atomic mass is 9.88. The van der Waals surface area contributed by atoms with E-state index in [1.54, 1.807) is 7.11 Å². The van der Waals surface area contributed by atoms with Crippen LogP contribution in [0.15, 0.2) is 23.3 Å². The second-order valence-corrected chi connectivity index (χ2v) is 3.68. The van der Waals surface area contributed by atoms with Crippen LogP contribution in [0.4, 0.5) is 0 Å². The molecule has 4 heteroatoms. The number of fused-ring (bicyclic) bond motifs is 1. The topological polar surface area (TPSA) is 58.0 Å². The molecule has 0 aromatic heterocycles. The molecule has 15 heavy (non-hydrogen) atoms. The van der Waals surface area contributed by atoms with Crippen molar-refractivity contribution in [3.8, 4) is 5.75 Å². The van der Waals surface area contributed by atoms with Gasteiger partial charge in [-0.3, -0.25) is 0 Å². The molecule has 1 atom stereocenters. The van der Waals surface area contributed by atoms with E-state index in [1.807, 2.05) is 18.2 Å². The Labute approximate surface area is 88.5 Å². The van der Waals surface area contributed by atoms with E-state index in [9.17, 15) is 0 Å². The summed E-state index contributed by atoms with van der Waals surface area (Å²) in [4.78, 5) is 2.89. The molecule has 2 rings (SSSR count). The first-order chi connectivity index (χ1) is 7.35. The van der Waals surface area contributed by atoms with Crippen LogP contribution in [0.3, 0.4) is 0 Å². The van der Waals surface area contributed by atoms with Crippen LogP contribution in [0.5, 0.6) is 5.75 Å². The van der Waals surface area contributed by atoms with Gasteiger partial charge in [0.15, 0.2) is 0 Å². The van der Waals surface area contributed by atoms with Crippen molar-refractivity contribution in [1.82, 2.24) is 0 Å². The average Bonchev–Trinajstić information content (AvgIpc) is 2.29. The fourth-order valence-corrected chi connectivity index (χ4v) is 2.07. The minimum atomic E-state index is 0.00431. The van der Waals surface area contributed by atoms with E-state index in [0.29, 0.717) is 0 Å². The van der Waals surface area contributed by atoms with Crippen molar-refractivity contribution in [3.63, 3.8) is 0 Å². The van der Waals surface area contributed by atoms with Gasteiger partial charge in [-0.15, -0.1) is 0 Å². The van der Waals surface area contributed by atoms with Crippen molar-refractivity contribution >= 4 is 0 Å². The van der Waals surface area contributed by atoms with Crippen molar-refractivity contribution in [3.05, 3.63) is 39.8 Å². The number of ether oxygens (including phenoxy) is 1. The van der Waals surface area contributed by atoms with Crippen molar-refractivity contribution in [2.45, 2.75) is 25.3 Å². The van der Waals surface area contributed by atoms with Crippen LogP contribution in [-0.2, 0) is 6.42 Å². The molecule has 0 fully saturated rings. The second kappa shape index (κ2) is 4.24. The molecule has 0 aliphatic heterocycles. The first-order valence-electron chi connectivity index (χ1n) is 5.06. The van der Waals surface area contributed by atoms with Crippen LogP contribution in [0.2, 0.25) is 0 Å². The Balaban J connectivity index is 2.40. The monoisotopic (exact) mass is 203 g/mol. The summed E-state index contributed by atoms with van der Waals surface area (Å²) in [6, 6.07) is 5.97. The zero-order chi connectivity index (χ0) is 10.7. The van der Waals surface area contributed by atoms with Gasteiger partial charge in [0.05, 0.1) is 13.2 Å². The Morgan fingerprint density at radius 3 is 3.13 bits per heavy atom. The van der Waals surface area contributed by atoms with Crippen LogP contribution in [-0.4, -0.2) is 7.11 Å². The van der Waals surface area contributed by atoms with Crippen LogP contribution in [0, 0.1) is 0 Å². The summed E-state index contributed by atoms with van der Waals surface area (Å²) in [5.74, 6) is 0.871. The van der Waals surface area contributed by atoms with Crippen molar-refractivity contribution in [2.75, 3.05) is 7.11 Å². The summed E-state index contributed by atoms with van der Waals surface area (Å²) in [5.41, 5.74) is 10.9. The smallest absolute Gasteiger partial charge is 0.119 e. The summed E-state index contributed by atoms with van der Waals surface area (Å²) in [7, 11) is 1.66. The standard InChI is InChI=1S/C11H13N3O/c1-15-9-5-6-10-8(7-9)3-2-4-11(10)13-14-12/h5-7,11H,2-4H2,1H3. The van der Waals surface area contributed by atoms with E-state index < -0.39 is 0 Å². The van der Waals surface area contributed by atoms with Gasteiger partial charge in [-0.1, -0.05) is 11.2 Å². The Morgan fingerprint density at radius 1 is 1.53 bits per heavy atom. The summed E-state index contributed by atoms with van der Waals surface area (Å²) in [6.07, 6.45) is 3.07. The van der Waals surface area contributed by atoms with Crippen molar-refractivity contribution in [1.29, 1.82) is 0 Å². The third kappa shape index (κ3) is 1.90. The van der Waals surface area contributed by atoms with Crippen LogP contribution >= 0.6 is 0 Å². The Hall–Kier alpha value is -1.67. The van der Waals surface area contributed by atoms with Gasteiger partial charge in [0.2, 0.25) is 0 Å². The zero-order valence-electron chi connectivity index (χ0n) is 8.68. The predicted octanol–water partition coefficient (Wildman–Crippen LogP) is 3.38. The van der Waals surface area contributed by atoms with Gasteiger partial charge in [0.1, 0.15) is 5.75 Å². The second-order valence-electron chi connectivity index (χ2n) is 3.68. The summed E-state index contributed by atoms with van der Waals surface area (Å²) in [5, 5.41) is 3.82. The summed E-state index contributed by atoms with van der Waals surface area (Å²) < 4.78 is 5.17. The lowest BCUT2D eigenvalue weighted by Gasteiger charge is -2.22. The van der Waals surface area contributed by atoms with Crippen molar-refractivity contribution in [2.24, 2.45) is 5.11 Å². The molecule has 78 valence electrons. The maximum Gasteiger partial charge on any atom is 0.119 e. The fraction of sp³-hybridized carbons (Fsp3) is 0.455. The van der Waals surface area contributed by atoms with Crippen LogP contribution in [0.25, 0.3) is 10.4 Å². The molecule has 1 aliphatic carbocycles. The highest BCUT2D eigenvalue weighted by Crippen LogP contribution is 2.34. The van der Waals surface area contributed by atoms with E-state index in [1.165, 1.54) is 5.56 Å². The predicted molar refractivity (Wildman–Crippen MR) is 57.8 cm³/mol. The van der Waals surface area contributed by atoms with Crippen LogP contribution in [0.1, 0.15) is 30.0 Å². The van der Waals surface area contributed by atoms with E-state index in [4.69, 9.17) is 10.3 Å². The molecule has 4 nitrogen and oxygen atoms in total. The number of azide groups is 1. The lowest BCUT2D eigenvalue weighted by molar-refractivity contribution is 0.413. The van der Waals surface area contributed by atoms with Gasteiger partial charge in [-0.2, -0.15) is 0 Å². The quantitative estimate of drug-likeness (QED) is 0.413. The molecule has 0 amide bonds. The number of hydrogen-bond donors (Lipinski definition) is 0. The zero-order valence-corrected chi connectivity index (χ0v) is 8.68. The Bertz CT molecular complexity index is 410. The molecule has 0 radical (unpaired) electrons. The highest BCUT2D eigenvalue weighted by Gasteiger charge is 2.19. The number of aryl methyl sites for hydroxylation is 1. The number of benzene rings is 1. The number of methoxy groups -OCH3 is 1. The minimum absolute atomic E-state index is 0.00431. The molecule has 0 spiro atoms. The highest BCUT2D eigenvalue weighted by atomic mass is 16.5. The van der Waals surface area contributed by atoms with Gasteiger partial charge in [-0.25, -0.2) is 0 Å². The van der Waals surface area contributed by atoms with Gasteiger partial charge in [-0.05, 0) is 48.1 Å². The Morgan fingerprint density at radius 2 is 2.40 bits per heavy atom. The molecule has 0 bridgehead atoms. The third-order valence-corrected chi connectivity index (χ3v) is 2.82. The summed E-state index contributed by atoms with van der Waals surface area (Å²) >= 11 is 0. The first-order valence-corrected chi connectivity index (χ1v) is 5.06. The SMILES string of the molecule is COc1ccc2c(c1)CCCC2N=[N+]=[N-]. The van der Waals surface area contributed by atoms with Gasteiger partial charge >= 0.3 is 0 Å². The molecule has 1 aliphatic rings. The molecule has 1 unspecified atom stereocenters. The molecule has 1 aromatic carbocycles. The highest BCUT2D eigenvalue weighted by molar-refractivity contribution is 5.39.